The van der Waals surface area contributed by atoms with Crippen molar-refractivity contribution in [1.82, 2.24) is 34.5 Å². The molecule has 7 N–H and O–H groups in total. The lowest BCUT2D eigenvalue weighted by Gasteiger charge is -2.43. The maximum atomic E-state index is 13.2. The Morgan fingerprint density at radius 1 is 1.40 bits per heavy atom. The number of carboxylic acid groups (broad SMARTS) is 1. The van der Waals surface area contributed by atoms with Crippen LogP contribution in [0.5, 0.6) is 0 Å². The molecule has 18 nitrogen and oxygen atoms in total. The predicted octanol–water partition coefficient (Wildman–Crippen LogP) is -2.37. The minimum atomic E-state index is -4.98. The Hall–Kier alpha value is -3.72. The number of carbonyl (C=O) groups is 3. The molecule has 1 aliphatic heterocycles. The molecule has 0 bridgehead atoms. The quantitative estimate of drug-likeness (QED) is 0.0657. The third-order valence-corrected chi connectivity index (χ3v) is 7.82. The zero-order chi connectivity index (χ0) is 29.2. The fourth-order valence-corrected chi connectivity index (χ4v) is 5.34. The highest BCUT2D eigenvalue weighted by Crippen LogP contribution is 2.40. The standard InChI is InChI=1S/C20H28N10O8S2/c1-28(6-2-5-21)8-11-7-23-29(26-11)9-13-15(17(32)30(13)40(35,36)37)25-16(31)14(12-10-39-19(22)24-12)27-38-20(3-4-20)18(33)34/h7,10,13,15H,2-6,8-9,21H2,1H3,(H2,22,24)(H,25,31)(H,33,34)(H,35,36,37)/b27-14-. The predicted molar refractivity (Wildman–Crippen MR) is 138 cm³/mol. The van der Waals surface area contributed by atoms with Gasteiger partial charge in [-0.15, -0.1) is 11.3 Å². The molecule has 0 radical (unpaired) electrons. The number of nitrogens with two attached hydrogens (primary N) is 2. The number of nitrogens with one attached hydrogen (secondary N) is 1. The highest BCUT2D eigenvalue weighted by molar-refractivity contribution is 7.84. The Morgan fingerprint density at radius 3 is 2.70 bits per heavy atom. The van der Waals surface area contributed by atoms with Crippen molar-refractivity contribution < 1.29 is 37.3 Å². The number of aliphatic carboxylic acids is 1. The number of thiazole rings is 1. The van der Waals surface area contributed by atoms with Crippen LogP contribution in [0.15, 0.2) is 16.7 Å². The lowest BCUT2D eigenvalue weighted by molar-refractivity contribution is -0.153. The Labute approximate surface area is 231 Å². The van der Waals surface area contributed by atoms with Crippen molar-refractivity contribution in [2.75, 3.05) is 25.9 Å². The number of oxime groups is 1. The van der Waals surface area contributed by atoms with Gasteiger partial charge in [0, 0.05) is 24.8 Å². The Balaban J connectivity index is 1.52. The van der Waals surface area contributed by atoms with Gasteiger partial charge in [0.05, 0.1) is 18.4 Å². The summed E-state index contributed by atoms with van der Waals surface area (Å²) in [5.41, 5.74) is 9.64. The molecule has 3 heterocycles. The van der Waals surface area contributed by atoms with Gasteiger partial charge in [-0.1, -0.05) is 5.16 Å². The SMILES string of the molecule is CN(CCCN)Cc1cnn(CC2C(NC(=O)/C(=N\OC3(C(=O)O)CC3)c3csc(N)n3)C(=O)N2S(=O)(=O)O)n1. The number of hydrogen-bond acceptors (Lipinski definition) is 14. The highest BCUT2D eigenvalue weighted by atomic mass is 32.2. The summed E-state index contributed by atoms with van der Waals surface area (Å²) in [6.45, 7) is 1.38. The van der Waals surface area contributed by atoms with E-state index in [1.807, 2.05) is 11.9 Å². The molecule has 2 aromatic rings. The molecule has 1 aliphatic carbocycles. The van der Waals surface area contributed by atoms with E-state index in [0.717, 1.165) is 29.1 Å². The summed E-state index contributed by atoms with van der Waals surface area (Å²) in [5.74, 6) is -3.39. The number of anilines is 1. The summed E-state index contributed by atoms with van der Waals surface area (Å²) >= 11 is 0.978. The third-order valence-electron chi connectivity index (χ3n) is 6.20. The number of β-lactam (4-membered cyclic amide) rings is 1. The van der Waals surface area contributed by atoms with Crippen LogP contribution in [0.4, 0.5) is 5.13 Å². The number of amides is 2. The molecule has 4 rings (SSSR count). The molecule has 40 heavy (non-hydrogen) atoms. The van der Waals surface area contributed by atoms with Crippen molar-refractivity contribution in [2.24, 2.45) is 10.9 Å². The average molecular weight is 601 g/mol. The van der Waals surface area contributed by atoms with Crippen LogP contribution in [0.25, 0.3) is 0 Å². The minimum absolute atomic E-state index is 0.0479. The maximum absolute atomic E-state index is 13.2. The van der Waals surface area contributed by atoms with E-state index in [4.69, 9.17) is 16.3 Å². The number of rotatable bonds is 14. The van der Waals surface area contributed by atoms with Gasteiger partial charge in [-0.3, -0.25) is 14.1 Å². The number of hydrogen-bond donors (Lipinski definition) is 5. The van der Waals surface area contributed by atoms with Crippen LogP contribution >= 0.6 is 11.3 Å². The van der Waals surface area contributed by atoms with Gasteiger partial charge in [0.25, 0.3) is 11.8 Å². The van der Waals surface area contributed by atoms with Crippen LogP contribution in [0.2, 0.25) is 0 Å². The fourth-order valence-electron chi connectivity index (χ4n) is 3.92. The van der Waals surface area contributed by atoms with Crippen molar-refractivity contribution in [3.05, 3.63) is 23.0 Å². The highest BCUT2D eigenvalue weighted by Gasteiger charge is 2.56. The van der Waals surface area contributed by atoms with Crippen LogP contribution < -0.4 is 16.8 Å². The second kappa shape index (κ2) is 11.4. The first-order valence-corrected chi connectivity index (χ1v) is 14.2. The second-order valence-electron chi connectivity index (χ2n) is 9.30. The van der Waals surface area contributed by atoms with E-state index in [1.165, 1.54) is 11.6 Å². The molecule has 2 aliphatic rings. The molecule has 20 heteroatoms. The van der Waals surface area contributed by atoms with Crippen molar-refractivity contribution in [3.8, 4) is 0 Å². The summed E-state index contributed by atoms with van der Waals surface area (Å²) in [7, 11) is -3.11. The monoisotopic (exact) mass is 600 g/mol. The van der Waals surface area contributed by atoms with Crippen molar-refractivity contribution in [1.29, 1.82) is 0 Å². The molecule has 0 aromatic carbocycles. The van der Waals surface area contributed by atoms with E-state index < -0.39 is 51.5 Å². The van der Waals surface area contributed by atoms with Gasteiger partial charge < -0.3 is 31.6 Å². The normalized spacial score (nSPS) is 20.4. The Bertz CT molecular complexity index is 1420. The van der Waals surface area contributed by atoms with Crippen molar-refractivity contribution >= 4 is 50.3 Å². The zero-order valence-electron chi connectivity index (χ0n) is 21.2. The number of nitrogens with zero attached hydrogens (tertiary/aromatic N) is 7. The summed E-state index contributed by atoms with van der Waals surface area (Å²) < 4.78 is 33.6. The van der Waals surface area contributed by atoms with Crippen LogP contribution in [0.1, 0.15) is 30.7 Å². The van der Waals surface area contributed by atoms with Gasteiger partial charge >= 0.3 is 16.3 Å². The Morgan fingerprint density at radius 2 is 2.12 bits per heavy atom. The second-order valence-corrected chi connectivity index (χ2v) is 11.5. The summed E-state index contributed by atoms with van der Waals surface area (Å²) in [5, 5.41) is 25.3. The van der Waals surface area contributed by atoms with E-state index in [2.05, 4.69) is 25.7 Å². The minimum Gasteiger partial charge on any atom is -0.478 e. The summed E-state index contributed by atoms with van der Waals surface area (Å²) in [6, 6.07) is -2.73. The van der Waals surface area contributed by atoms with E-state index in [9.17, 15) is 32.5 Å². The van der Waals surface area contributed by atoms with E-state index >= 15 is 0 Å². The van der Waals surface area contributed by atoms with Crippen LogP contribution in [-0.2, 0) is 42.6 Å². The molecule has 0 spiro atoms. The van der Waals surface area contributed by atoms with Crippen LogP contribution in [0.3, 0.4) is 0 Å². The smallest absolute Gasteiger partial charge is 0.362 e. The first-order chi connectivity index (χ1) is 18.8. The molecule has 218 valence electrons. The number of aromatic nitrogens is 4. The first kappa shape index (κ1) is 29.3. The molecule has 2 atom stereocenters. The van der Waals surface area contributed by atoms with Gasteiger partial charge in [-0.25, -0.2) is 14.1 Å². The molecule has 2 aromatic heterocycles. The maximum Gasteiger partial charge on any atom is 0.362 e. The molecule has 1 saturated carbocycles. The lowest BCUT2D eigenvalue weighted by atomic mass is 9.98. The van der Waals surface area contributed by atoms with E-state index in [1.54, 1.807) is 0 Å². The van der Waals surface area contributed by atoms with Gasteiger partial charge in [-0.2, -0.15) is 23.4 Å². The average Bonchev–Trinajstić information content (AvgIpc) is 3.36. The van der Waals surface area contributed by atoms with Gasteiger partial charge in [0.15, 0.2) is 10.8 Å². The molecule has 2 unspecified atom stereocenters. The summed E-state index contributed by atoms with van der Waals surface area (Å²) in [4.78, 5) is 49.6. The molecular weight excluding hydrogens is 572 g/mol. The third kappa shape index (κ3) is 6.36. The molecule has 1 saturated heterocycles. The largest absolute Gasteiger partial charge is 0.478 e. The van der Waals surface area contributed by atoms with Gasteiger partial charge in [0.2, 0.25) is 5.60 Å². The van der Waals surface area contributed by atoms with E-state index in [-0.39, 0.29) is 34.5 Å². The molecule has 2 amide bonds. The number of carbonyl (C=O) groups excluding carboxylic acids is 2. The first-order valence-electron chi connectivity index (χ1n) is 11.9. The Kier molecular flexibility index (Phi) is 8.35. The van der Waals surface area contributed by atoms with E-state index in [0.29, 0.717) is 18.8 Å². The molecule has 2 fully saturated rings. The topological polar surface area (TPSA) is 262 Å². The van der Waals surface area contributed by atoms with Crippen LogP contribution in [0, 0.1) is 0 Å². The van der Waals surface area contributed by atoms with Crippen LogP contribution in [-0.4, -0.2) is 109 Å². The van der Waals surface area contributed by atoms with Gasteiger partial charge in [0.1, 0.15) is 17.8 Å². The van der Waals surface area contributed by atoms with Crippen molar-refractivity contribution in [3.63, 3.8) is 0 Å². The number of nitrogen functional groups attached to an aromatic ring is 1. The van der Waals surface area contributed by atoms with Gasteiger partial charge in [-0.05, 0) is 26.6 Å². The van der Waals surface area contributed by atoms with Crippen molar-refractivity contribution in [2.45, 2.75) is 50.0 Å². The summed E-state index contributed by atoms with van der Waals surface area (Å²) in [6.07, 6.45) is 2.60. The number of carboxylic acids is 1. The lowest BCUT2D eigenvalue weighted by Crippen LogP contribution is -2.73. The molecular formula is C20H28N10O8S2. The fraction of sp³-hybridized carbons (Fsp3) is 0.550. The zero-order valence-corrected chi connectivity index (χ0v) is 22.8.